The van der Waals surface area contributed by atoms with Gasteiger partial charge in [-0.05, 0) is 56.0 Å². The Balaban J connectivity index is 0.000000223. The van der Waals surface area contributed by atoms with Crippen LogP contribution in [0.5, 0.6) is 0 Å². The lowest BCUT2D eigenvalue weighted by Crippen LogP contribution is -2.42. The second-order valence-electron chi connectivity index (χ2n) is 13.1. The number of aromatic nitrogens is 2. The number of benzene rings is 2. The number of H-pyrrole nitrogens is 1. The maximum atomic E-state index is 4.37. The number of aromatic amines is 1. The summed E-state index contributed by atoms with van der Waals surface area (Å²) in [5.41, 5.74) is 6.41. The van der Waals surface area contributed by atoms with Gasteiger partial charge in [-0.3, -0.25) is 0 Å². The summed E-state index contributed by atoms with van der Waals surface area (Å²) in [7, 11) is 0. The topological polar surface area (TPSA) is 66.4 Å². The third kappa shape index (κ3) is 11.3. The van der Waals surface area contributed by atoms with Crippen molar-refractivity contribution in [2.24, 2.45) is 10.2 Å². The molecule has 47 heavy (non-hydrogen) atoms. The third-order valence-corrected chi connectivity index (χ3v) is 9.35. The quantitative estimate of drug-likeness (QED) is 0.110. The molecule has 5 rings (SSSR count). The van der Waals surface area contributed by atoms with Gasteiger partial charge in [0.1, 0.15) is 0 Å². The van der Waals surface area contributed by atoms with Crippen LogP contribution in [0, 0.1) is 0 Å². The molecule has 8 heteroatoms. The molecule has 258 valence electrons. The average Bonchev–Trinajstić information content (AvgIpc) is 3.63. The van der Waals surface area contributed by atoms with E-state index in [0.29, 0.717) is 5.95 Å². The molecule has 0 radical (unpaired) electrons. The molecule has 0 saturated carbocycles. The van der Waals surface area contributed by atoms with Crippen molar-refractivity contribution in [3.63, 3.8) is 0 Å². The monoisotopic (exact) mass is 643 g/mol. The van der Waals surface area contributed by atoms with E-state index in [1.165, 1.54) is 126 Å². The molecule has 0 unspecified atom stereocenters. The first kappa shape index (κ1) is 36.3. The van der Waals surface area contributed by atoms with Crippen LogP contribution in [0.3, 0.4) is 0 Å². The summed E-state index contributed by atoms with van der Waals surface area (Å²) in [6.45, 7) is 18.3. The first-order chi connectivity index (χ1) is 23.2. The van der Waals surface area contributed by atoms with Crippen LogP contribution in [0.4, 0.5) is 34.4 Å². The summed E-state index contributed by atoms with van der Waals surface area (Å²) >= 11 is 0. The molecule has 0 atom stereocenters. The highest BCUT2D eigenvalue weighted by Gasteiger charge is 2.23. The van der Waals surface area contributed by atoms with Crippen LogP contribution in [-0.2, 0) is 0 Å². The Labute approximate surface area is 285 Å². The lowest BCUT2D eigenvalue weighted by Gasteiger charge is -2.39. The highest BCUT2D eigenvalue weighted by Crippen LogP contribution is 2.37. The molecule has 8 nitrogen and oxygen atoms in total. The third-order valence-electron chi connectivity index (χ3n) is 9.35. The van der Waals surface area contributed by atoms with Crippen LogP contribution in [0.1, 0.15) is 105 Å². The average molecular weight is 643 g/mol. The zero-order valence-electron chi connectivity index (χ0n) is 30.0. The summed E-state index contributed by atoms with van der Waals surface area (Å²) in [6, 6.07) is 15.4. The Morgan fingerprint density at radius 3 is 1.43 bits per heavy atom. The largest absolute Gasteiger partial charge is 0.368 e. The number of imidazole rings is 1. The van der Waals surface area contributed by atoms with Crippen molar-refractivity contribution < 1.29 is 0 Å². The van der Waals surface area contributed by atoms with Gasteiger partial charge in [0, 0.05) is 64.8 Å². The van der Waals surface area contributed by atoms with Crippen LogP contribution < -0.4 is 19.6 Å². The Morgan fingerprint density at radius 1 is 0.553 bits per heavy atom. The molecule has 0 fully saturated rings. The van der Waals surface area contributed by atoms with Gasteiger partial charge in [0.2, 0.25) is 5.95 Å². The fourth-order valence-electron chi connectivity index (χ4n) is 6.61. The SMILES string of the molecule is CCCCCN1CCN(CCCCC)c2cc(N=Nc3ncc[nH]3)ccc21.CCCCCN1CCN(CCCCC)c2ccccc21. The minimum Gasteiger partial charge on any atom is -0.368 e. The number of unbranched alkanes of at least 4 members (excludes halogenated alkanes) is 8. The smallest absolute Gasteiger partial charge is 0.246 e. The van der Waals surface area contributed by atoms with Gasteiger partial charge >= 0.3 is 0 Å². The second-order valence-corrected chi connectivity index (χ2v) is 13.1. The van der Waals surface area contributed by atoms with E-state index in [9.17, 15) is 0 Å². The molecule has 0 amide bonds. The molecule has 1 N–H and O–H groups in total. The van der Waals surface area contributed by atoms with Gasteiger partial charge in [-0.25, -0.2) is 4.98 Å². The molecule has 2 aliphatic rings. The number of nitrogens with one attached hydrogen (secondary N) is 1. The summed E-state index contributed by atoms with van der Waals surface area (Å²) in [5, 5.41) is 8.57. The van der Waals surface area contributed by atoms with Crippen LogP contribution in [0.25, 0.3) is 0 Å². The maximum absolute atomic E-state index is 4.37. The molecule has 0 spiro atoms. The van der Waals surface area contributed by atoms with Crippen molar-refractivity contribution in [1.82, 2.24) is 9.97 Å². The minimum absolute atomic E-state index is 0.536. The number of nitrogens with zero attached hydrogens (tertiary/aromatic N) is 7. The standard InChI is InChI=1S/C21H32N6.C18H30N2/c1-3-5-7-13-26-15-16-27(14-8-6-4-2)20-17-18(9-10-19(20)26)24-25-21-22-11-12-23-21;1-3-5-9-13-19-15-16-20(14-10-6-4-2)18-12-8-7-11-17(18)19/h9-12,17H,3-8,13-16H2,1-2H3,(H,22,23);7-8,11-12H,3-6,9-10,13-16H2,1-2H3. The molecule has 3 aromatic rings. The Bertz CT molecular complexity index is 1250. The first-order valence-corrected chi connectivity index (χ1v) is 18.8. The van der Waals surface area contributed by atoms with Crippen molar-refractivity contribution in [1.29, 1.82) is 0 Å². The van der Waals surface area contributed by atoms with E-state index < -0.39 is 0 Å². The van der Waals surface area contributed by atoms with Crippen LogP contribution in [0.15, 0.2) is 65.1 Å². The first-order valence-electron chi connectivity index (χ1n) is 18.8. The molecule has 2 aromatic carbocycles. The second kappa shape index (κ2) is 20.6. The molecule has 2 aliphatic heterocycles. The van der Waals surface area contributed by atoms with E-state index in [4.69, 9.17) is 0 Å². The summed E-state index contributed by atoms with van der Waals surface area (Å²) in [6.07, 6.45) is 19.0. The summed E-state index contributed by atoms with van der Waals surface area (Å²) in [4.78, 5) is 17.3. The van der Waals surface area contributed by atoms with Gasteiger partial charge < -0.3 is 24.6 Å². The number of rotatable bonds is 18. The lowest BCUT2D eigenvalue weighted by atomic mass is 10.1. The maximum Gasteiger partial charge on any atom is 0.246 e. The Morgan fingerprint density at radius 2 is 1.00 bits per heavy atom. The highest BCUT2D eigenvalue weighted by atomic mass is 15.3. The van der Waals surface area contributed by atoms with E-state index in [0.717, 1.165) is 31.9 Å². The Kier molecular flexibility index (Phi) is 15.9. The van der Waals surface area contributed by atoms with E-state index >= 15 is 0 Å². The summed E-state index contributed by atoms with van der Waals surface area (Å²) in [5.74, 6) is 0.536. The molecular weight excluding hydrogens is 580 g/mol. The van der Waals surface area contributed by atoms with Crippen molar-refractivity contribution in [3.8, 4) is 0 Å². The normalized spacial score (nSPS) is 14.3. The molecule has 3 heterocycles. The fraction of sp³-hybridized carbons (Fsp3) is 0.615. The Hall–Kier alpha value is -3.55. The minimum atomic E-state index is 0.536. The van der Waals surface area contributed by atoms with E-state index in [2.05, 4.69) is 110 Å². The molecule has 1 aromatic heterocycles. The lowest BCUT2D eigenvalue weighted by molar-refractivity contribution is 0.624. The van der Waals surface area contributed by atoms with Gasteiger partial charge in [0.25, 0.3) is 0 Å². The zero-order valence-corrected chi connectivity index (χ0v) is 30.0. The molecule has 0 saturated heterocycles. The molecule has 0 bridgehead atoms. The van der Waals surface area contributed by atoms with Crippen LogP contribution in [-0.4, -0.2) is 62.3 Å². The molecule has 0 aliphatic carbocycles. The van der Waals surface area contributed by atoms with Crippen molar-refractivity contribution in [2.45, 2.75) is 105 Å². The van der Waals surface area contributed by atoms with Gasteiger partial charge in [0.05, 0.1) is 28.4 Å². The number of anilines is 4. The van der Waals surface area contributed by atoms with E-state index in [-0.39, 0.29) is 0 Å². The van der Waals surface area contributed by atoms with Crippen LogP contribution in [0.2, 0.25) is 0 Å². The number of hydrogen-bond donors (Lipinski definition) is 1. The number of azo groups is 1. The summed E-state index contributed by atoms with van der Waals surface area (Å²) < 4.78 is 0. The van der Waals surface area contributed by atoms with Crippen molar-refractivity contribution in [2.75, 3.05) is 72.0 Å². The van der Waals surface area contributed by atoms with Gasteiger partial charge in [-0.2, -0.15) is 0 Å². The van der Waals surface area contributed by atoms with Crippen LogP contribution >= 0.6 is 0 Å². The van der Waals surface area contributed by atoms with E-state index in [1.54, 1.807) is 12.4 Å². The van der Waals surface area contributed by atoms with Crippen molar-refractivity contribution >= 4 is 34.4 Å². The number of hydrogen-bond acceptors (Lipinski definition) is 7. The predicted octanol–water partition coefficient (Wildman–Crippen LogP) is 10.5. The van der Waals surface area contributed by atoms with Gasteiger partial charge in [0.15, 0.2) is 0 Å². The number of fused-ring (bicyclic) bond motifs is 2. The van der Waals surface area contributed by atoms with Crippen molar-refractivity contribution in [3.05, 3.63) is 54.9 Å². The predicted molar refractivity (Wildman–Crippen MR) is 203 cm³/mol. The van der Waals surface area contributed by atoms with Gasteiger partial charge in [-0.15, -0.1) is 10.2 Å². The fourth-order valence-corrected chi connectivity index (χ4v) is 6.61. The molecular formula is C39H62N8. The number of para-hydroxylation sites is 2. The highest BCUT2D eigenvalue weighted by molar-refractivity contribution is 5.77. The van der Waals surface area contributed by atoms with Gasteiger partial charge in [-0.1, -0.05) is 91.2 Å². The zero-order chi connectivity index (χ0) is 33.1. The van der Waals surface area contributed by atoms with E-state index in [1.807, 2.05) is 0 Å².